The van der Waals surface area contributed by atoms with Crippen molar-refractivity contribution in [1.82, 2.24) is 4.90 Å². The van der Waals surface area contributed by atoms with Crippen molar-refractivity contribution in [1.29, 1.82) is 0 Å². The van der Waals surface area contributed by atoms with E-state index < -0.39 is 12.0 Å². The Morgan fingerprint density at radius 3 is 2.75 bits per heavy atom. The van der Waals surface area contributed by atoms with Crippen molar-refractivity contribution in [2.45, 2.75) is 31.7 Å². The van der Waals surface area contributed by atoms with Crippen molar-refractivity contribution in [2.75, 3.05) is 13.2 Å². The first-order valence-corrected chi connectivity index (χ1v) is 6.88. The lowest BCUT2D eigenvalue weighted by Gasteiger charge is -2.21. The molecular formula is C15H19NO4. The van der Waals surface area contributed by atoms with E-state index in [2.05, 4.69) is 0 Å². The largest absolute Gasteiger partial charge is 0.494 e. The summed E-state index contributed by atoms with van der Waals surface area (Å²) in [5.41, 5.74) is 0. The molecule has 1 aromatic rings. The normalized spacial score (nSPS) is 18.0. The first kappa shape index (κ1) is 14.4. The number of amides is 1. The van der Waals surface area contributed by atoms with Gasteiger partial charge in [0, 0.05) is 13.0 Å². The minimum Gasteiger partial charge on any atom is -0.494 e. The van der Waals surface area contributed by atoms with E-state index in [1.165, 1.54) is 4.90 Å². The Morgan fingerprint density at radius 1 is 1.30 bits per heavy atom. The van der Waals surface area contributed by atoms with E-state index in [-0.39, 0.29) is 5.91 Å². The number of nitrogens with zero attached hydrogens (tertiary/aromatic N) is 1. The molecule has 2 rings (SSSR count). The van der Waals surface area contributed by atoms with Gasteiger partial charge in [0.05, 0.1) is 6.61 Å². The average molecular weight is 277 g/mol. The summed E-state index contributed by atoms with van der Waals surface area (Å²) < 4.78 is 5.51. The summed E-state index contributed by atoms with van der Waals surface area (Å²) in [6, 6.07) is 8.78. The first-order valence-electron chi connectivity index (χ1n) is 6.88. The lowest BCUT2D eigenvalue weighted by Crippen LogP contribution is -2.40. The van der Waals surface area contributed by atoms with Crippen molar-refractivity contribution in [3.63, 3.8) is 0 Å². The van der Waals surface area contributed by atoms with Gasteiger partial charge in [-0.1, -0.05) is 18.2 Å². The Hall–Kier alpha value is -2.04. The molecular weight excluding hydrogens is 258 g/mol. The van der Waals surface area contributed by atoms with Gasteiger partial charge in [0.2, 0.25) is 5.91 Å². The highest BCUT2D eigenvalue weighted by molar-refractivity contribution is 5.84. The lowest BCUT2D eigenvalue weighted by atomic mass is 10.2. The van der Waals surface area contributed by atoms with E-state index in [4.69, 9.17) is 9.84 Å². The molecule has 1 atom stereocenters. The van der Waals surface area contributed by atoms with Gasteiger partial charge in [-0.15, -0.1) is 0 Å². The summed E-state index contributed by atoms with van der Waals surface area (Å²) in [4.78, 5) is 24.5. The Balaban J connectivity index is 1.71. The number of benzene rings is 1. The summed E-state index contributed by atoms with van der Waals surface area (Å²) >= 11 is 0. The van der Waals surface area contributed by atoms with E-state index in [1.54, 1.807) is 0 Å². The van der Waals surface area contributed by atoms with Crippen LogP contribution in [0.25, 0.3) is 0 Å². The van der Waals surface area contributed by atoms with Gasteiger partial charge in [-0.3, -0.25) is 4.79 Å². The molecule has 1 N–H and O–H groups in total. The molecule has 20 heavy (non-hydrogen) atoms. The van der Waals surface area contributed by atoms with Gasteiger partial charge in [0.25, 0.3) is 0 Å². The smallest absolute Gasteiger partial charge is 0.326 e. The zero-order valence-electron chi connectivity index (χ0n) is 11.3. The summed E-state index contributed by atoms with van der Waals surface area (Å²) in [7, 11) is 0. The molecule has 108 valence electrons. The third-order valence-electron chi connectivity index (χ3n) is 3.41. The molecule has 1 heterocycles. The van der Waals surface area contributed by atoms with Crippen LogP contribution >= 0.6 is 0 Å². The van der Waals surface area contributed by atoms with Crippen LogP contribution in [0.3, 0.4) is 0 Å². The number of rotatable bonds is 6. The number of para-hydroxylation sites is 1. The number of carbonyl (C=O) groups is 2. The summed E-state index contributed by atoms with van der Waals surface area (Å²) in [6.45, 7) is 1.01. The van der Waals surface area contributed by atoms with Crippen molar-refractivity contribution in [3.05, 3.63) is 30.3 Å². The van der Waals surface area contributed by atoms with Crippen LogP contribution in [0.5, 0.6) is 5.75 Å². The highest BCUT2D eigenvalue weighted by Crippen LogP contribution is 2.19. The second kappa shape index (κ2) is 6.93. The fourth-order valence-electron chi connectivity index (χ4n) is 2.40. The number of hydrogen-bond donors (Lipinski definition) is 1. The van der Waals surface area contributed by atoms with Crippen molar-refractivity contribution in [3.8, 4) is 5.75 Å². The first-order chi connectivity index (χ1) is 9.68. The predicted molar refractivity (Wildman–Crippen MR) is 73.5 cm³/mol. The fourth-order valence-corrected chi connectivity index (χ4v) is 2.40. The Kier molecular flexibility index (Phi) is 4.98. The van der Waals surface area contributed by atoms with Crippen LogP contribution < -0.4 is 4.74 Å². The Bertz CT molecular complexity index is 460. The molecule has 1 saturated heterocycles. The van der Waals surface area contributed by atoms with Gasteiger partial charge in [0.15, 0.2) is 0 Å². The maximum absolute atomic E-state index is 12.0. The van der Waals surface area contributed by atoms with Crippen molar-refractivity contribution in [2.24, 2.45) is 0 Å². The summed E-state index contributed by atoms with van der Waals surface area (Å²) in [6.07, 6.45) is 2.25. The number of carbonyl (C=O) groups excluding carboxylic acids is 1. The topological polar surface area (TPSA) is 66.8 Å². The molecule has 1 unspecified atom stereocenters. The van der Waals surface area contributed by atoms with E-state index >= 15 is 0 Å². The number of aliphatic carboxylic acids is 1. The molecule has 1 aliphatic rings. The van der Waals surface area contributed by atoms with E-state index in [0.717, 1.165) is 12.2 Å². The molecule has 1 fully saturated rings. The predicted octanol–water partition coefficient (Wildman–Crippen LogP) is 1.92. The highest BCUT2D eigenvalue weighted by Gasteiger charge is 2.33. The number of ether oxygens (including phenoxy) is 1. The van der Waals surface area contributed by atoms with Crippen LogP contribution in [-0.2, 0) is 9.59 Å². The number of hydrogen-bond acceptors (Lipinski definition) is 3. The van der Waals surface area contributed by atoms with Crippen LogP contribution in [0.4, 0.5) is 0 Å². The molecule has 0 aliphatic carbocycles. The molecule has 1 amide bonds. The molecule has 1 aromatic carbocycles. The van der Waals surface area contributed by atoms with Crippen LogP contribution in [-0.4, -0.2) is 41.1 Å². The molecule has 0 aromatic heterocycles. The highest BCUT2D eigenvalue weighted by atomic mass is 16.5. The maximum Gasteiger partial charge on any atom is 0.326 e. The molecule has 0 bridgehead atoms. The standard InChI is InChI=1S/C15H19NO4/c17-14(16-10-4-8-13(16)15(18)19)9-5-11-20-12-6-2-1-3-7-12/h1-3,6-7,13H,4-5,8-11H2,(H,18,19). The van der Waals surface area contributed by atoms with Crippen molar-refractivity contribution < 1.29 is 19.4 Å². The lowest BCUT2D eigenvalue weighted by molar-refractivity contribution is -0.148. The zero-order chi connectivity index (χ0) is 14.4. The molecule has 5 nitrogen and oxygen atoms in total. The quantitative estimate of drug-likeness (QED) is 0.807. The Labute approximate surface area is 118 Å². The fraction of sp³-hybridized carbons (Fsp3) is 0.467. The van der Waals surface area contributed by atoms with E-state index in [1.807, 2.05) is 30.3 Å². The second-order valence-corrected chi connectivity index (χ2v) is 4.85. The van der Waals surface area contributed by atoms with Gasteiger partial charge in [-0.2, -0.15) is 0 Å². The molecule has 5 heteroatoms. The van der Waals surface area contributed by atoms with E-state index in [0.29, 0.717) is 32.4 Å². The van der Waals surface area contributed by atoms with Crippen LogP contribution in [0.15, 0.2) is 30.3 Å². The number of likely N-dealkylation sites (tertiary alicyclic amines) is 1. The van der Waals surface area contributed by atoms with Crippen molar-refractivity contribution >= 4 is 11.9 Å². The molecule has 0 radical (unpaired) electrons. The second-order valence-electron chi connectivity index (χ2n) is 4.85. The van der Waals surface area contributed by atoms with Gasteiger partial charge >= 0.3 is 5.97 Å². The maximum atomic E-state index is 12.0. The zero-order valence-corrected chi connectivity index (χ0v) is 11.3. The summed E-state index contributed by atoms with van der Waals surface area (Å²) in [5.74, 6) is -0.215. The summed E-state index contributed by atoms with van der Waals surface area (Å²) in [5, 5.41) is 9.03. The molecule has 1 aliphatic heterocycles. The number of carboxylic acid groups (broad SMARTS) is 1. The van der Waals surface area contributed by atoms with Gasteiger partial charge < -0.3 is 14.7 Å². The van der Waals surface area contributed by atoms with Crippen LogP contribution in [0.2, 0.25) is 0 Å². The van der Waals surface area contributed by atoms with Gasteiger partial charge in [-0.25, -0.2) is 4.79 Å². The minimum absolute atomic E-state index is 0.0911. The Morgan fingerprint density at radius 2 is 2.05 bits per heavy atom. The SMILES string of the molecule is O=C(O)C1CCCN1C(=O)CCCOc1ccccc1. The minimum atomic E-state index is -0.906. The average Bonchev–Trinajstić information content (AvgIpc) is 2.94. The van der Waals surface area contributed by atoms with Gasteiger partial charge in [-0.05, 0) is 31.4 Å². The molecule has 0 saturated carbocycles. The van der Waals surface area contributed by atoms with Crippen LogP contribution in [0.1, 0.15) is 25.7 Å². The van der Waals surface area contributed by atoms with Gasteiger partial charge in [0.1, 0.15) is 11.8 Å². The monoisotopic (exact) mass is 277 g/mol. The third kappa shape index (κ3) is 3.73. The third-order valence-corrected chi connectivity index (χ3v) is 3.41. The number of carboxylic acids is 1. The van der Waals surface area contributed by atoms with E-state index in [9.17, 15) is 9.59 Å². The van der Waals surface area contributed by atoms with Crippen LogP contribution in [0, 0.1) is 0 Å². The molecule has 0 spiro atoms.